The Labute approximate surface area is 174 Å². The van der Waals surface area contributed by atoms with Gasteiger partial charge in [-0.15, -0.1) is 0 Å². The topological polar surface area (TPSA) is 89.5 Å². The Morgan fingerprint density at radius 1 is 0.929 bits per heavy atom. The maximum atomic E-state index is 11.8. The molecule has 0 aliphatic heterocycles. The number of amides is 1. The molecule has 0 aliphatic rings. The van der Waals surface area contributed by atoms with Crippen molar-refractivity contribution in [2.75, 3.05) is 12.0 Å². The molecule has 28 heavy (non-hydrogen) atoms. The molecule has 5 nitrogen and oxygen atoms in total. The summed E-state index contributed by atoms with van der Waals surface area (Å²) in [6, 6.07) is -1.05. The fraction of sp³-hybridized carbons (Fsp3) is 0.818. The highest BCUT2D eigenvalue weighted by Crippen LogP contribution is 2.10. The number of carboxylic acids is 1. The van der Waals surface area contributed by atoms with Crippen LogP contribution in [-0.2, 0) is 20.8 Å². The number of carbonyl (C=O) groups is 2. The van der Waals surface area contributed by atoms with Crippen molar-refractivity contribution in [3.05, 3.63) is 12.2 Å². The summed E-state index contributed by atoms with van der Waals surface area (Å²) < 4.78 is 11.1. The quantitative estimate of drug-likeness (QED) is 0.177. The van der Waals surface area contributed by atoms with Gasteiger partial charge < -0.3 is 15.0 Å². The predicted molar refractivity (Wildman–Crippen MR) is 118 cm³/mol. The lowest BCUT2D eigenvalue weighted by Crippen LogP contribution is -2.45. The second-order valence-electron chi connectivity index (χ2n) is 7.53. The van der Waals surface area contributed by atoms with Crippen LogP contribution in [0.3, 0.4) is 0 Å². The lowest BCUT2D eigenvalue weighted by atomic mass is 10.1. The number of allylic oxidation sites excluding steroid dienone is 2. The van der Waals surface area contributed by atoms with Gasteiger partial charge in [0.1, 0.15) is 5.75 Å². The molecule has 0 bridgehead atoms. The monoisotopic (exact) mass is 415 g/mol. The Balaban J connectivity index is 3.50. The van der Waals surface area contributed by atoms with Crippen molar-refractivity contribution in [1.29, 1.82) is 0 Å². The van der Waals surface area contributed by atoms with Crippen LogP contribution in [0.2, 0.25) is 0 Å². The Kier molecular flexibility index (Phi) is 18.6. The fourth-order valence-corrected chi connectivity index (χ4v) is 3.73. The Hall–Kier alpha value is -1.01. The molecular weight excluding hydrogens is 374 g/mol. The van der Waals surface area contributed by atoms with E-state index < -0.39 is 23.2 Å². The molecule has 2 N–H and O–H groups in total. The average Bonchev–Trinajstić information content (AvgIpc) is 2.64. The van der Waals surface area contributed by atoms with Gasteiger partial charge in [-0.25, -0.2) is 4.79 Å². The Morgan fingerprint density at radius 3 is 1.93 bits per heavy atom. The number of rotatable bonds is 19. The molecule has 0 saturated heterocycles. The number of carbonyl (C=O) groups excluding carboxylic acids is 1. The van der Waals surface area contributed by atoms with Crippen LogP contribution in [0.25, 0.3) is 0 Å². The first kappa shape index (κ1) is 27.0. The minimum atomic E-state index is -1.25. The minimum absolute atomic E-state index is 0.0482. The van der Waals surface area contributed by atoms with E-state index in [1.165, 1.54) is 57.6 Å². The lowest BCUT2D eigenvalue weighted by molar-refractivity contribution is -0.141. The second kappa shape index (κ2) is 19.3. The summed E-state index contributed by atoms with van der Waals surface area (Å²) in [5, 5.41) is 11.5. The Morgan fingerprint density at radius 2 is 1.43 bits per heavy atom. The van der Waals surface area contributed by atoms with Gasteiger partial charge in [0, 0.05) is 6.42 Å². The van der Waals surface area contributed by atoms with Crippen molar-refractivity contribution in [1.82, 2.24) is 5.32 Å². The van der Waals surface area contributed by atoms with Crippen molar-refractivity contribution < 1.29 is 19.2 Å². The van der Waals surface area contributed by atoms with Gasteiger partial charge in [-0.3, -0.25) is 4.79 Å². The summed E-state index contributed by atoms with van der Waals surface area (Å²) in [5.41, 5.74) is 0. The minimum Gasteiger partial charge on any atom is -0.616 e. The molecule has 0 aliphatic carbocycles. The molecule has 2 unspecified atom stereocenters. The van der Waals surface area contributed by atoms with Gasteiger partial charge in [0.15, 0.2) is 6.04 Å². The first-order valence-corrected chi connectivity index (χ1v) is 12.7. The summed E-state index contributed by atoms with van der Waals surface area (Å²) in [7, 11) is 0. The molecule has 0 aromatic carbocycles. The first-order chi connectivity index (χ1) is 13.5. The van der Waals surface area contributed by atoms with Gasteiger partial charge >= 0.3 is 5.97 Å². The molecule has 0 heterocycles. The summed E-state index contributed by atoms with van der Waals surface area (Å²) in [6.45, 7) is 2.25. The van der Waals surface area contributed by atoms with E-state index in [1.807, 2.05) is 0 Å². The third kappa shape index (κ3) is 18.4. The standard InChI is InChI=1S/C22H41NO4S/c1-3-4-5-6-7-8-9-10-11-12-13-14-15-16-17-18-21(24)23-20(22(25)26)19-28(2)27/h10-11,20H,3-9,12-19H2,1-2H3,(H,23,24)(H,25,26)/b11-10-. The summed E-state index contributed by atoms with van der Waals surface area (Å²) in [6.07, 6.45) is 22.0. The zero-order valence-corrected chi connectivity index (χ0v) is 18.7. The largest absolute Gasteiger partial charge is 0.616 e. The van der Waals surface area contributed by atoms with E-state index in [-0.39, 0.29) is 11.7 Å². The molecule has 0 rings (SSSR count). The van der Waals surface area contributed by atoms with Gasteiger partial charge in [-0.1, -0.05) is 81.6 Å². The molecule has 1 amide bonds. The lowest BCUT2D eigenvalue weighted by Gasteiger charge is -2.14. The Bertz CT molecular complexity index is 427. The predicted octanol–water partition coefficient (Wildman–Crippen LogP) is 4.97. The highest BCUT2D eigenvalue weighted by atomic mass is 32.2. The first-order valence-electron chi connectivity index (χ1n) is 10.9. The van der Waals surface area contributed by atoms with E-state index in [4.69, 9.17) is 5.11 Å². The molecule has 6 heteroatoms. The van der Waals surface area contributed by atoms with Gasteiger partial charge in [0.05, 0.1) is 6.26 Å². The van der Waals surface area contributed by atoms with Crippen molar-refractivity contribution >= 4 is 23.1 Å². The van der Waals surface area contributed by atoms with Gasteiger partial charge in [0.2, 0.25) is 5.91 Å². The van der Waals surface area contributed by atoms with E-state index in [9.17, 15) is 14.1 Å². The number of nitrogens with one attached hydrogen (secondary N) is 1. The molecule has 0 spiro atoms. The zero-order chi connectivity index (χ0) is 21.0. The van der Waals surface area contributed by atoms with E-state index in [2.05, 4.69) is 24.4 Å². The SMILES string of the molecule is CCCCCCCC/C=C\CCCCCCCC(=O)NC(C[S+](C)[O-])C(=O)O. The molecular formula is C22H41NO4S. The number of hydrogen-bond donors (Lipinski definition) is 2. The van der Waals surface area contributed by atoms with Crippen LogP contribution in [0.4, 0.5) is 0 Å². The van der Waals surface area contributed by atoms with E-state index in [1.54, 1.807) is 0 Å². The van der Waals surface area contributed by atoms with E-state index in [0.29, 0.717) is 6.42 Å². The summed E-state index contributed by atoms with van der Waals surface area (Å²) in [5.74, 6) is -1.45. The van der Waals surface area contributed by atoms with E-state index >= 15 is 0 Å². The van der Waals surface area contributed by atoms with Crippen LogP contribution in [0.5, 0.6) is 0 Å². The van der Waals surface area contributed by atoms with Crippen molar-refractivity contribution in [2.24, 2.45) is 0 Å². The van der Waals surface area contributed by atoms with E-state index in [0.717, 1.165) is 32.1 Å². The maximum Gasteiger partial charge on any atom is 0.331 e. The van der Waals surface area contributed by atoms with Gasteiger partial charge in [-0.2, -0.15) is 0 Å². The summed E-state index contributed by atoms with van der Waals surface area (Å²) in [4.78, 5) is 22.8. The molecule has 0 radical (unpaired) electrons. The number of aliphatic carboxylic acids is 1. The highest BCUT2D eigenvalue weighted by Gasteiger charge is 2.23. The smallest absolute Gasteiger partial charge is 0.331 e. The maximum absolute atomic E-state index is 11.8. The van der Waals surface area contributed by atoms with Crippen molar-refractivity contribution in [2.45, 2.75) is 103 Å². The molecule has 164 valence electrons. The number of unbranched alkanes of at least 4 members (excludes halogenated alkanes) is 11. The molecule has 0 aromatic heterocycles. The van der Waals surface area contributed by atoms with Crippen molar-refractivity contribution in [3.63, 3.8) is 0 Å². The molecule has 0 saturated carbocycles. The van der Waals surface area contributed by atoms with Crippen molar-refractivity contribution in [3.8, 4) is 0 Å². The number of carboxylic acid groups (broad SMARTS) is 1. The number of hydrogen-bond acceptors (Lipinski definition) is 3. The third-order valence-corrected chi connectivity index (χ3v) is 5.50. The zero-order valence-electron chi connectivity index (χ0n) is 17.9. The van der Waals surface area contributed by atoms with Crippen LogP contribution in [-0.4, -0.2) is 39.6 Å². The average molecular weight is 416 g/mol. The van der Waals surface area contributed by atoms with Crippen LogP contribution in [0, 0.1) is 0 Å². The van der Waals surface area contributed by atoms with Crippen LogP contribution < -0.4 is 5.32 Å². The normalized spacial score (nSPS) is 13.5. The van der Waals surface area contributed by atoms with Gasteiger partial charge in [-0.05, 0) is 32.1 Å². The third-order valence-electron chi connectivity index (χ3n) is 4.70. The summed E-state index contributed by atoms with van der Waals surface area (Å²) >= 11 is -1.25. The molecule has 0 aromatic rings. The van der Waals surface area contributed by atoms with Crippen LogP contribution in [0.1, 0.15) is 96.8 Å². The second-order valence-corrected chi connectivity index (χ2v) is 9.01. The van der Waals surface area contributed by atoms with Crippen LogP contribution in [0.15, 0.2) is 12.2 Å². The molecule has 0 fully saturated rings. The molecule has 2 atom stereocenters. The highest BCUT2D eigenvalue weighted by molar-refractivity contribution is 7.90. The van der Waals surface area contributed by atoms with Gasteiger partial charge in [0.25, 0.3) is 0 Å². The van der Waals surface area contributed by atoms with Crippen LogP contribution >= 0.6 is 0 Å². The fourth-order valence-electron chi connectivity index (χ4n) is 3.03.